The molecule has 0 saturated carbocycles. The molecule has 112 valence electrons. The second kappa shape index (κ2) is 7.31. The third kappa shape index (κ3) is 3.88. The summed E-state index contributed by atoms with van der Waals surface area (Å²) in [5.41, 5.74) is 7.12. The quantitative estimate of drug-likeness (QED) is 0.861. The molecule has 21 heavy (non-hydrogen) atoms. The Morgan fingerprint density at radius 3 is 2.71 bits per heavy atom. The number of ether oxygens (including phenoxy) is 2. The molecule has 0 aromatic heterocycles. The maximum Gasteiger partial charge on any atom is 0.125 e. The number of aliphatic hydroxyl groups is 1. The minimum Gasteiger partial charge on any atom is -0.497 e. The maximum atomic E-state index is 10.2. The summed E-state index contributed by atoms with van der Waals surface area (Å²) < 4.78 is 10.8. The molecular weight excluding hydrogens is 290 g/mol. The lowest BCUT2D eigenvalue weighted by Gasteiger charge is -2.16. The topological polar surface area (TPSA) is 64.7 Å². The van der Waals surface area contributed by atoms with Gasteiger partial charge in [0.05, 0.1) is 7.11 Å². The molecule has 5 heteroatoms. The van der Waals surface area contributed by atoms with Crippen LogP contribution >= 0.6 is 11.6 Å². The van der Waals surface area contributed by atoms with Crippen LogP contribution in [0.5, 0.6) is 11.5 Å². The number of nitrogens with two attached hydrogens (primary N) is 1. The van der Waals surface area contributed by atoms with Crippen molar-refractivity contribution in [1.29, 1.82) is 0 Å². The van der Waals surface area contributed by atoms with Crippen LogP contribution in [0.1, 0.15) is 17.2 Å². The van der Waals surface area contributed by atoms with Gasteiger partial charge in [-0.3, -0.25) is 0 Å². The van der Waals surface area contributed by atoms with E-state index in [2.05, 4.69) is 0 Å². The molecular formula is C16H18ClNO3. The van der Waals surface area contributed by atoms with E-state index in [4.69, 9.17) is 26.8 Å². The Morgan fingerprint density at radius 2 is 2.00 bits per heavy atom. The smallest absolute Gasteiger partial charge is 0.125 e. The number of halogens is 1. The number of hydrogen-bond donors (Lipinski definition) is 2. The fourth-order valence-electron chi connectivity index (χ4n) is 1.99. The van der Waals surface area contributed by atoms with Gasteiger partial charge in [0, 0.05) is 17.1 Å². The number of rotatable bonds is 6. The molecule has 0 saturated heterocycles. The lowest BCUT2D eigenvalue weighted by molar-refractivity contribution is 0.107. The summed E-state index contributed by atoms with van der Waals surface area (Å²) in [6.45, 7) is 0.394. The normalized spacial score (nSPS) is 12.0. The van der Waals surface area contributed by atoms with Crippen LogP contribution in [0.4, 0.5) is 0 Å². The molecule has 2 aromatic carbocycles. The maximum absolute atomic E-state index is 10.2. The molecule has 0 spiro atoms. The highest BCUT2D eigenvalue weighted by atomic mass is 35.5. The summed E-state index contributed by atoms with van der Waals surface area (Å²) in [7, 11) is 1.58. The fourth-order valence-corrected chi connectivity index (χ4v) is 2.23. The fraction of sp³-hybridized carbons (Fsp3) is 0.250. The summed E-state index contributed by atoms with van der Waals surface area (Å²) in [6, 6.07) is 12.6. The van der Waals surface area contributed by atoms with E-state index in [1.54, 1.807) is 31.4 Å². The standard InChI is InChI=1S/C16H18ClNO3/c1-20-12-5-2-4-11(8-12)15(19)10-21-16-7-3-6-14(17)13(16)9-18/h2-8,15,19H,9-10,18H2,1H3. The van der Waals surface area contributed by atoms with Crippen molar-refractivity contribution in [1.82, 2.24) is 0 Å². The molecule has 1 unspecified atom stereocenters. The van der Waals surface area contributed by atoms with Gasteiger partial charge in [0.25, 0.3) is 0 Å². The molecule has 0 aliphatic carbocycles. The van der Waals surface area contributed by atoms with Crippen LogP contribution in [0.25, 0.3) is 0 Å². The van der Waals surface area contributed by atoms with Gasteiger partial charge in [0.15, 0.2) is 0 Å². The van der Waals surface area contributed by atoms with Crippen LogP contribution in [-0.4, -0.2) is 18.8 Å². The Kier molecular flexibility index (Phi) is 5.44. The average Bonchev–Trinajstić information content (AvgIpc) is 2.52. The molecule has 0 amide bonds. The highest BCUT2D eigenvalue weighted by Crippen LogP contribution is 2.27. The van der Waals surface area contributed by atoms with E-state index in [1.807, 2.05) is 18.2 Å². The van der Waals surface area contributed by atoms with Crippen LogP contribution in [0, 0.1) is 0 Å². The monoisotopic (exact) mass is 307 g/mol. The van der Waals surface area contributed by atoms with Gasteiger partial charge >= 0.3 is 0 Å². The Bertz CT molecular complexity index is 604. The van der Waals surface area contributed by atoms with Crippen LogP contribution in [0.3, 0.4) is 0 Å². The number of aliphatic hydroxyl groups excluding tert-OH is 1. The van der Waals surface area contributed by atoms with Gasteiger partial charge in [-0.15, -0.1) is 0 Å². The van der Waals surface area contributed by atoms with Gasteiger partial charge < -0.3 is 20.3 Å². The van der Waals surface area contributed by atoms with Crippen molar-refractivity contribution < 1.29 is 14.6 Å². The van der Waals surface area contributed by atoms with Crippen LogP contribution < -0.4 is 15.2 Å². The molecule has 0 heterocycles. The van der Waals surface area contributed by atoms with Crippen molar-refractivity contribution in [2.24, 2.45) is 5.73 Å². The Labute approximate surface area is 129 Å². The number of methoxy groups -OCH3 is 1. The largest absolute Gasteiger partial charge is 0.497 e. The Morgan fingerprint density at radius 1 is 1.24 bits per heavy atom. The first-order valence-corrected chi connectivity index (χ1v) is 6.95. The van der Waals surface area contributed by atoms with E-state index in [0.717, 1.165) is 11.1 Å². The summed E-state index contributed by atoms with van der Waals surface area (Å²) >= 11 is 6.06. The third-order valence-corrected chi connectivity index (χ3v) is 3.51. The van der Waals surface area contributed by atoms with Gasteiger partial charge in [-0.1, -0.05) is 29.8 Å². The van der Waals surface area contributed by atoms with E-state index in [-0.39, 0.29) is 13.2 Å². The lowest BCUT2D eigenvalue weighted by atomic mass is 10.1. The molecule has 3 N–H and O–H groups in total. The highest BCUT2D eigenvalue weighted by Gasteiger charge is 2.12. The SMILES string of the molecule is COc1cccc(C(O)COc2cccc(Cl)c2CN)c1. The first-order valence-electron chi connectivity index (χ1n) is 6.58. The molecule has 0 aliphatic heterocycles. The summed E-state index contributed by atoms with van der Waals surface area (Å²) in [4.78, 5) is 0. The molecule has 2 aromatic rings. The Balaban J connectivity index is 2.07. The molecule has 0 radical (unpaired) electrons. The van der Waals surface area contributed by atoms with Crippen molar-refractivity contribution in [3.8, 4) is 11.5 Å². The molecule has 0 fully saturated rings. The molecule has 0 bridgehead atoms. The predicted octanol–water partition coefficient (Wildman–Crippen LogP) is 2.92. The van der Waals surface area contributed by atoms with Crippen molar-refractivity contribution in [2.75, 3.05) is 13.7 Å². The van der Waals surface area contributed by atoms with E-state index >= 15 is 0 Å². The van der Waals surface area contributed by atoms with E-state index in [9.17, 15) is 5.11 Å². The molecule has 4 nitrogen and oxygen atoms in total. The van der Waals surface area contributed by atoms with E-state index in [0.29, 0.717) is 16.5 Å². The summed E-state index contributed by atoms with van der Waals surface area (Å²) in [5.74, 6) is 1.28. The second-order valence-corrected chi connectivity index (χ2v) is 4.93. The third-order valence-electron chi connectivity index (χ3n) is 3.16. The number of hydrogen-bond acceptors (Lipinski definition) is 4. The van der Waals surface area contributed by atoms with Crippen molar-refractivity contribution in [3.63, 3.8) is 0 Å². The van der Waals surface area contributed by atoms with E-state index < -0.39 is 6.10 Å². The minimum atomic E-state index is -0.760. The van der Waals surface area contributed by atoms with Gasteiger partial charge in [-0.25, -0.2) is 0 Å². The first kappa shape index (κ1) is 15.6. The van der Waals surface area contributed by atoms with Crippen molar-refractivity contribution in [2.45, 2.75) is 12.6 Å². The summed E-state index contributed by atoms with van der Waals surface area (Å²) in [5, 5.41) is 10.8. The van der Waals surface area contributed by atoms with E-state index in [1.165, 1.54) is 0 Å². The van der Waals surface area contributed by atoms with Gasteiger partial charge in [-0.2, -0.15) is 0 Å². The summed E-state index contributed by atoms with van der Waals surface area (Å²) in [6.07, 6.45) is -0.760. The zero-order valence-corrected chi connectivity index (χ0v) is 12.5. The second-order valence-electron chi connectivity index (χ2n) is 4.52. The Hall–Kier alpha value is -1.75. The van der Waals surface area contributed by atoms with Crippen LogP contribution in [0.15, 0.2) is 42.5 Å². The zero-order valence-electron chi connectivity index (χ0n) is 11.8. The molecule has 1 atom stereocenters. The lowest BCUT2D eigenvalue weighted by Crippen LogP contribution is -2.11. The minimum absolute atomic E-state index is 0.112. The van der Waals surface area contributed by atoms with Gasteiger partial charge in [-0.05, 0) is 29.8 Å². The predicted molar refractivity (Wildman–Crippen MR) is 82.8 cm³/mol. The zero-order chi connectivity index (χ0) is 15.2. The molecule has 0 aliphatic rings. The van der Waals surface area contributed by atoms with Crippen LogP contribution in [-0.2, 0) is 6.54 Å². The van der Waals surface area contributed by atoms with Gasteiger partial charge in [0.1, 0.15) is 24.2 Å². The first-order chi connectivity index (χ1) is 10.2. The van der Waals surface area contributed by atoms with Crippen LogP contribution in [0.2, 0.25) is 5.02 Å². The van der Waals surface area contributed by atoms with Crippen molar-refractivity contribution >= 4 is 11.6 Å². The highest BCUT2D eigenvalue weighted by molar-refractivity contribution is 6.31. The van der Waals surface area contributed by atoms with Crippen molar-refractivity contribution in [3.05, 3.63) is 58.6 Å². The average molecular weight is 308 g/mol. The molecule has 2 rings (SSSR count). The van der Waals surface area contributed by atoms with Gasteiger partial charge in [0.2, 0.25) is 0 Å². The number of benzene rings is 2.